The highest BCUT2D eigenvalue weighted by Crippen LogP contribution is 2.43. The van der Waals surface area contributed by atoms with Crippen molar-refractivity contribution >= 4 is 0 Å². The molecule has 14 heavy (non-hydrogen) atoms. The lowest BCUT2D eigenvalue weighted by atomic mass is 9.91. The van der Waals surface area contributed by atoms with E-state index in [1.165, 1.54) is 0 Å². The fraction of sp³-hybridized carbons (Fsp3) is 0.455. The summed E-state index contributed by atoms with van der Waals surface area (Å²) >= 11 is 0. The summed E-state index contributed by atoms with van der Waals surface area (Å²) in [5.41, 5.74) is 0.132. The molecule has 3 heteroatoms. The molecule has 0 fully saturated rings. The van der Waals surface area contributed by atoms with Crippen molar-refractivity contribution in [1.29, 1.82) is 0 Å². The molecule has 1 aromatic rings. The van der Waals surface area contributed by atoms with E-state index in [0.29, 0.717) is 17.7 Å². The zero-order valence-electron chi connectivity index (χ0n) is 8.32. The van der Waals surface area contributed by atoms with Crippen molar-refractivity contribution in [3.63, 3.8) is 0 Å². The molecule has 0 saturated carbocycles. The summed E-state index contributed by atoms with van der Waals surface area (Å²) in [6.45, 7) is 3.84. The molecular formula is C11H14O3. The van der Waals surface area contributed by atoms with Gasteiger partial charge in [0.25, 0.3) is 0 Å². The topological polar surface area (TPSA) is 49.7 Å². The fourth-order valence-electron chi connectivity index (χ4n) is 1.86. The lowest BCUT2D eigenvalue weighted by Crippen LogP contribution is -2.34. The second-order valence-corrected chi connectivity index (χ2v) is 4.27. The minimum atomic E-state index is -0.644. The molecule has 2 N–H and O–H groups in total. The highest BCUT2D eigenvalue weighted by atomic mass is 16.5. The third-order valence-corrected chi connectivity index (χ3v) is 2.45. The molecule has 76 valence electrons. The molecule has 0 aliphatic carbocycles. The fourth-order valence-corrected chi connectivity index (χ4v) is 1.86. The molecule has 0 spiro atoms. The minimum Gasteiger partial charge on any atom is -0.507 e. The van der Waals surface area contributed by atoms with Crippen LogP contribution < -0.4 is 4.74 Å². The summed E-state index contributed by atoms with van der Waals surface area (Å²) in [5, 5.41) is 19.4. The van der Waals surface area contributed by atoms with Crippen LogP contribution in [0.1, 0.15) is 31.9 Å². The van der Waals surface area contributed by atoms with Gasteiger partial charge in [-0.15, -0.1) is 0 Å². The summed E-state index contributed by atoms with van der Waals surface area (Å²) in [6.07, 6.45) is -0.146. The SMILES string of the molecule is CC1(C)CC(O)c2c(O)cccc2O1. The van der Waals surface area contributed by atoms with Gasteiger partial charge >= 0.3 is 0 Å². The first-order chi connectivity index (χ1) is 6.49. The molecule has 1 aliphatic heterocycles. The van der Waals surface area contributed by atoms with E-state index in [-0.39, 0.29) is 11.4 Å². The summed E-state index contributed by atoms with van der Waals surface area (Å²) < 4.78 is 5.65. The number of fused-ring (bicyclic) bond motifs is 1. The molecule has 1 unspecified atom stereocenters. The zero-order valence-corrected chi connectivity index (χ0v) is 8.32. The average molecular weight is 194 g/mol. The molecule has 1 aromatic carbocycles. The van der Waals surface area contributed by atoms with Gasteiger partial charge in [0.1, 0.15) is 17.1 Å². The second-order valence-electron chi connectivity index (χ2n) is 4.27. The van der Waals surface area contributed by atoms with E-state index in [0.717, 1.165) is 0 Å². The number of hydrogen-bond acceptors (Lipinski definition) is 3. The highest BCUT2D eigenvalue weighted by molar-refractivity contribution is 5.47. The van der Waals surface area contributed by atoms with Crippen LogP contribution in [0.5, 0.6) is 11.5 Å². The van der Waals surface area contributed by atoms with Gasteiger partial charge < -0.3 is 14.9 Å². The van der Waals surface area contributed by atoms with E-state index in [1.54, 1.807) is 18.2 Å². The number of phenolic OH excluding ortho intramolecular Hbond substituents is 1. The first-order valence-corrected chi connectivity index (χ1v) is 4.68. The van der Waals surface area contributed by atoms with Crippen molar-refractivity contribution in [2.45, 2.75) is 32.0 Å². The number of aliphatic hydroxyl groups is 1. The maximum Gasteiger partial charge on any atom is 0.129 e. The highest BCUT2D eigenvalue weighted by Gasteiger charge is 2.34. The van der Waals surface area contributed by atoms with Gasteiger partial charge in [0, 0.05) is 6.42 Å². The van der Waals surface area contributed by atoms with Crippen LogP contribution in [0.2, 0.25) is 0 Å². The average Bonchev–Trinajstić information content (AvgIpc) is 2.00. The third kappa shape index (κ3) is 1.44. The van der Waals surface area contributed by atoms with Gasteiger partial charge in [-0.25, -0.2) is 0 Å². The van der Waals surface area contributed by atoms with Crippen LogP contribution in [-0.4, -0.2) is 15.8 Å². The predicted octanol–water partition coefficient (Wildman–Crippen LogP) is 1.99. The van der Waals surface area contributed by atoms with Gasteiger partial charge in [-0.05, 0) is 26.0 Å². The molecule has 1 aliphatic rings. The Balaban J connectivity index is 2.50. The molecule has 0 saturated heterocycles. The van der Waals surface area contributed by atoms with E-state index in [4.69, 9.17) is 4.74 Å². The Labute approximate surface area is 83.0 Å². The molecule has 3 nitrogen and oxygen atoms in total. The van der Waals surface area contributed by atoms with E-state index in [1.807, 2.05) is 13.8 Å². The summed E-state index contributed by atoms with van der Waals surface area (Å²) in [5.74, 6) is 0.680. The monoisotopic (exact) mass is 194 g/mol. The maximum atomic E-state index is 9.84. The van der Waals surface area contributed by atoms with Gasteiger partial charge in [-0.1, -0.05) is 6.07 Å². The molecule has 1 atom stereocenters. The predicted molar refractivity (Wildman–Crippen MR) is 52.4 cm³/mol. The second kappa shape index (κ2) is 2.89. The van der Waals surface area contributed by atoms with Gasteiger partial charge in [-0.2, -0.15) is 0 Å². The number of hydrogen-bond donors (Lipinski definition) is 2. The number of phenols is 1. The van der Waals surface area contributed by atoms with Gasteiger partial charge in [-0.3, -0.25) is 0 Å². The van der Waals surface area contributed by atoms with Gasteiger partial charge in [0.2, 0.25) is 0 Å². The lowest BCUT2D eigenvalue weighted by Gasteiger charge is -2.35. The summed E-state index contributed by atoms with van der Waals surface area (Å²) in [6, 6.07) is 5.03. The van der Waals surface area contributed by atoms with Crippen molar-refractivity contribution in [3.05, 3.63) is 23.8 Å². The largest absolute Gasteiger partial charge is 0.507 e. The minimum absolute atomic E-state index is 0.102. The maximum absolute atomic E-state index is 9.84. The van der Waals surface area contributed by atoms with E-state index in [2.05, 4.69) is 0 Å². The van der Waals surface area contributed by atoms with Crippen molar-refractivity contribution in [2.24, 2.45) is 0 Å². The van der Waals surface area contributed by atoms with E-state index in [9.17, 15) is 10.2 Å². The zero-order chi connectivity index (χ0) is 10.3. The molecule has 2 rings (SSSR count). The van der Waals surface area contributed by atoms with Crippen molar-refractivity contribution < 1.29 is 14.9 Å². The van der Waals surface area contributed by atoms with Crippen molar-refractivity contribution in [3.8, 4) is 11.5 Å². The van der Waals surface area contributed by atoms with Crippen LogP contribution in [0.15, 0.2) is 18.2 Å². The molecule has 0 bridgehead atoms. The lowest BCUT2D eigenvalue weighted by molar-refractivity contribution is 0.0101. The van der Waals surface area contributed by atoms with Gasteiger partial charge in [0.15, 0.2) is 0 Å². The van der Waals surface area contributed by atoms with Crippen LogP contribution in [0, 0.1) is 0 Å². The number of aliphatic hydroxyl groups excluding tert-OH is 1. The van der Waals surface area contributed by atoms with Crippen LogP contribution in [0.3, 0.4) is 0 Å². The first kappa shape index (κ1) is 9.34. The Hall–Kier alpha value is -1.22. The van der Waals surface area contributed by atoms with Crippen LogP contribution in [0.25, 0.3) is 0 Å². The van der Waals surface area contributed by atoms with Crippen molar-refractivity contribution in [2.75, 3.05) is 0 Å². The molecule has 0 radical (unpaired) electrons. The third-order valence-electron chi connectivity index (χ3n) is 2.45. The molecule has 0 aromatic heterocycles. The number of ether oxygens (including phenoxy) is 1. The number of aromatic hydroxyl groups is 1. The standard InChI is InChI=1S/C11H14O3/c1-11(2)6-8(13)10-7(12)4-3-5-9(10)14-11/h3-5,8,12-13H,6H2,1-2H3. The molecule has 0 amide bonds. The summed E-state index contributed by atoms with van der Waals surface area (Å²) in [4.78, 5) is 0. The molecular weight excluding hydrogens is 180 g/mol. The summed E-state index contributed by atoms with van der Waals surface area (Å²) in [7, 11) is 0. The Bertz CT molecular complexity index is 358. The van der Waals surface area contributed by atoms with Crippen LogP contribution in [0.4, 0.5) is 0 Å². The number of benzene rings is 1. The normalized spacial score (nSPS) is 23.8. The van der Waals surface area contributed by atoms with Crippen LogP contribution in [-0.2, 0) is 0 Å². The van der Waals surface area contributed by atoms with Crippen LogP contribution >= 0.6 is 0 Å². The number of rotatable bonds is 0. The van der Waals surface area contributed by atoms with E-state index < -0.39 is 6.10 Å². The van der Waals surface area contributed by atoms with Gasteiger partial charge in [0.05, 0.1) is 11.7 Å². The quantitative estimate of drug-likeness (QED) is 0.664. The van der Waals surface area contributed by atoms with E-state index >= 15 is 0 Å². The Kier molecular flexibility index (Phi) is 1.93. The first-order valence-electron chi connectivity index (χ1n) is 4.68. The Morgan fingerprint density at radius 3 is 2.86 bits per heavy atom. The smallest absolute Gasteiger partial charge is 0.129 e. The molecule has 1 heterocycles. The Morgan fingerprint density at radius 1 is 1.43 bits per heavy atom. The van der Waals surface area contributed by atoms with Crippen molar-refractivity contribution in [1.82, 2.24) is 0 Å². The Morgan fingerprint density at radius 2 is 2.14 bits per heavy atom.